The number of phenolic OH excluding ortho intramolecular Hbond substituents is 1. The van der Waals surface area contributed by atoms with Crippen molar-refractivity contribution in [3.8, 4) is 22.8 Å². The van der Waals surface area contributed by atoms with Crippen molar-refractivity contribution in [2.24, 2.45) is 0 Å². The Morgan fingerprint density at radius 1 is 0.941 bits per heavy atom. The van der Waals surface area contributed by atoms with Gasteiger partial charge in [0, 0.05) is 27.1 Å². The third kappa shape index (κ3) is 3.48. The molecule has 0 fully saturated rings. The lowest BCUT2D eigenvalue weighted by Crippen LogP contribution is -2.13. The van der Waals surface area contributed by atoms with Gasteiger partial charge in [-0.15, -0.1) is 0 Å². The zero-order chi connectivity index (χ0) is 24.2. The standard InChI is InChI=1S/C26H21ClN2O4S/c1-15-4-8-19(9-5-15)34(31,32)29-22-14-18(27)7-10-20(22)21-12-16(2)28-25(26(21)29)17-6-11-23(30)24(13-17)33-3/h4-14,30H,1-3H3. The quantitative estimate of drug-likeness (QED) is 0.329. The minimum atomic E-state index is -4.01. The van der Waals surface area contributed by atoms with E-state index < -0.39 is 10.0 Å². The highest BCUT2D eigenvalue weighted by Gasteiger charge is 2.27. The van der Waals surface area contributed by atoms with E-state index in [9.17, 15) is 13.5 Å². The van der Waals surface area contributed by atoms with Crippen LogP contribution in [0.4, 0.5) is 0 Å². The number of pyridine rings is 1. The molecular weight excluding hydrogens is 472 g/mol. The lowest BCUT2D eigenvalue weighted by Gasteiger charge is -2.13. The summed E-state index contributed by atoms with van der Waals surface area (Å²) in [6, 6.07) is 18.6. The van der Waals surface area contributed by atoms with Crippen LogP contribution in [0.5, 0.6) is 11.5 Å². The first-order valence-corrected chi connectivity index (χ1v) is 12.3. The van der Waals surface area contributed by atoms with Crippen LogP contribution in [0.3, 0.4) is 0 Å². The number of hydrogen-bond acceptors (Lipinski definition) is 5. The summed E-state index contributed by atoms with van der Waals surface area (Å²) in [7, 11) is -2.55. The number of phenols is 1. The molecule has 0 aliphatic heterocycles. The molecule has 0 bridgehead atoms. The first-order chi connectivity index (χ1) is 16.2. The van der Waals surface area contributed by atoms with Crippen LogP contribution < -0.4 is 4.74 Å². The molecule has 0 radical (unpaired) electrons. The first-order valence-electron chi connectivity index (χ1n) is 10.5. The monoisotopic (exact) mass is 492 g/mol. The van der Waals surface area contributed by atoms with E-state index >= 15 is 0 Å². The van der Waals surface area contributed by atoms with Crippen molar-refractivity contribution >= 4 is 43.4 Å². The molecule has 5 aromatic rings. The molecule has 0 amide bonds. The van der Waals surface area contributed by atoms with Crippen molar-refractivity contribution in [2.75, 3.05) is 7.11 Å². The normalized spacial score (nSPS) is 11.9. The fraction of sp³-hybridized carbons (Fsp3) is 0.115. The Kier molecular flexibility index (Phi) is 5.26. The number of aryl methyl sites for hydroxylation is 2. The molecule has 0 saturated carbocycles. The second-order valence-corrected chi connectivity index (χ2v) is 10.4. The summed E-state index contributed by atoms with van der Waals surface area (Å²) in [5.41, 5.74) is 3.63. The molecule has 34 heavy (non-hydrogen) atoms. The van der Waals surface area contributed by atoms with E-state index in [1.54, 1.807) is 48.5 Å². The van der Waals surface area contributed by atoms with Crippen LogP contribution in [0.1, 0.15) is 11.3 Å². The summed E-state index contributed by atoms with van der Waals surface area (Å²) in [6.07, 6.45) is 0. The van der Waals surface area contributed by atoms with E-state index in [4.69, 9.17) is 21.3 Å². The Bertz CT molecular complexity index is 1690. The third-order valence-corrected chi connectivity index (χ3v) is 7.77. The summed E-state index contributed by atoms with van der Waals surface area (Å²) in [6.45, 7) is 3.76. The number of aromatic hydroxyl groups is 1. The fourth-order valence-electron chi connectivity index (χ4n) is 4.19. The van der Waals surface area contributed by atoms with Crippen LogP contribution in [0, 0.1) is 13.8 Å². The molecule has 3 aromatic carbocycles. The Labute approximate surface area is 202 Å². The molecule has 2 heterocycles. The van der Waals surface area contributed by atoms with Crippen LogP contribution in [-0.2, 0) is 10.0 Å². The molecule has 172 valence electrons. The van der Waals surface area contributed by atoms with Gasteiger partial charge in [0.1, 0.15) is 0 Å². The number of aromatic nitrogens is 2. The number of methoxy groups -OCH3 is 1. The van der Waals surface area contributed by atoms with Gasteiger partial charge in [0.25, 0.3) is 10.0 Å². The van der Waals surface area contributed by atoms with Crippen molar-refractivity contribution in [2.45, 2.75) is 18.7 Å². The molecule has 0 aliphatic carbocycles. The zero-order valence-electron chi connectivity index (χ0n) is 18.7. The minimum Gasteiger partial charge on any atom is -0.504 e. The first kappa shape index (κ1) is 22.3. The van der Waals surface area contributed by atoms with Crippen LogP contribution in [0.2, 0.25) is 5.02 Å². The number of rotatable bonds is 4. The number of fused-ring (bicyclic) bond motifs is 3. The Hall–Kier alpha value is -3.55. The predicted octanol–water partition coefficient (Wildman–Crippen LogP) is 6.08. The van der Waals surface area contributed by atoms with Gasteiger partial charge in [-0.1, -0.05) is 35.4 Å². The van der Waals surface area contributed by atoms with E-state index in [1.165, 1.54) is 17.1 Å². The Balaban J connectivity index is 1.96. The molecule has 6 nitrogen and oxygen atoms in total. The fourth-order valence-corrected chi connectivity index (χ4v) is 5.88. The van der Waals surface area contributed by atoms with Gasteiger partial charge < -0.3 is 9.84 Å². The summed E-state index contributed by atoms with van der Waals surface area (Å²) < 4.78 is 34.6. The molecule has 8 heteroatoms. The highest BCUT2D eigenvalue weighted by Crippen LogP contribution is 2.40. The number of ether oxygens (including phenoxy) is 1. The van der Waals surface area contributed by atoms with Gasteiger partial charge >= 0.3 is 0 Å². The summed E-state index contributed by atoms with van der Waals surface area (Å²) in [5, 5.41) is 12.0. The maximum atomic E-state index is 14.0. The van der Waals surface area contributed by atoms with Gasteiger partial charge in [-0.2, -0.15) is 0 Å². The van der Waals surface area contributed by atoms with Crippen molar-refractivity contribution in [3.05, 3.63) is 83.0 Å². The smallest absolute Gasteiger partial charge is 0.268 e. The second-order valence-electron chi connectivity index (χ2n) is 8.14. The lowest BCUT2D eigenvalue weighted by molar-refractivity contribution is 0.373. The van der Waals surface area contributed by atoms with Crippen molar-refractivity contribution in [3.63, 3.8) is 0 Å². The summed E-state index contributed by atoms with van der Waals surface area (Å²) >= 11 is 6.31. The van der Waals surface area contributed by atoms with Crippen molar-refractivity contribution in [1.29, 1.82) is 0 Å². The van der Waals surface area contributed by atoms with E-state index in [0.717, 1.165) is 22.0 Å². The van der Waals surface area contributed by atoms with E-state index in [-0.39, 0.29) is 16.4 Å². The van der Waals surface area contributed by atoms with E-state index in [2.05, 4.69) is 0 Å². The van der Waals surface area contributed by atoms with Crippen LogP contribution in [-0.4, -0.2) is 29.6 Å². The number of benzene rings is 3. The van der Waals surface area contributed by atoms with Gasteiger partial charge in [0.2, 0.25) is 0 Å². The highest BCUT2D eigenvalue weighted by molar-refractivity contribution is 7.90. The average molecular weight is 493 g/mol. The largest absolute Gasteiger partial charge is 0.504 e. The third-order valence-electron chi connectivity index (χ3n) is 5.81. The topological polar surface area (TPSA) is 81.4 Å². The summed E-state index contributed by atoms with van der Waals surface area (Å²) in [4.78, 5) is 4.88. The van der Waals surface area contributed by atoms with E-state index in [1.807, 2.05) is 26.0 Å². The number of halogens is 1. The van der Waals surface area contributed by atoms with Crippen LogP contribution in [0.25, 0.3) is 33.1 Å². The molecular formula is C26H21ClN2O4S. The maximum Gasteiger partial charge on any atom is 0.268 e. The molecule has 0 unspecified atom stereocenters. The molecule has 1 N–H and O–H groups in total. The molecule has 0 aliphatic rings. The Morgan fingerprint density at radius 3 is 2.38 bits per heavy atom. The van der Waals surface area contributed by atoms with Crippen molar-refractivity contribution in [1.82, 2.24) is 8.96 Å². The number of nitrogens with zero attached hydrogens (tertiary/aromatic N) is 2. The molecule has 0 spiro atoms. The van der Waals surface area contributed by atoms with E-state index in [0.29, 0.717) is 27.3 Å². The molecule has 0 saturated heterocycles. The molecule has 5 rings (SSSR count). The van der Waals surface area contributed by atoms with Gasteiger partial charge in [-0.05, 0) is 62.4 Å². The van der Waals surface area contributed by atoms with Gasteiger partial charge in [0.15, 0.2) is 11.5 Å². The SMILES string of the molecule is COc1cc(-c2nc(C)cc3c4ccc(Cl)cc4n(S(=O)(=O)c4ccc(C)cc4)c23)ccc1O. The van der Waals surface area contributed by atoms with Crippen LogP contribution in [0.15, 0.2) is 71.6 Å². The average Bonchev–Trinajstić information content (AvgIpc) is 3.13. The molecule has 2 aromatic heterocycles. The van der Waals surface area contributed by atoms with Crippen LogP contribution >= 0.6 is 11.6 Å². The van der Waals surface area contributed by atoms with Gasteiger partial charge in [0.05, 0.1) is 28.7 Å². The predicted molar refractivity (Wildman–Crippen MR) is 134 cm³/mol. The minimum absolute atomic E-state index is 0.0188. The maximum absolute atomic E-state index is 14.0. The lowest BCUT2D eigenvalue weighted by atomic mass is 10.1. The van der Waals surface area contributed by atoms with Crippen molar-refractivity contribution < 1.29 is 18.3 Å². The van der Waals surface area contributed by atoms with Gasteiger partial charge in [-0.25, -0.2) is 12.4 Å². The number of hydrogen-bond donors (Lipinski definition) is 1. The van der Waals surface area contributed by atoms with Gasteiger partial charge in [-0.3, -0.25) is 4.98 Å². The highest BCUT2D eigenvalue weighted by atomic mass is 35.5. The Morgan fingerprint density at radius 2 is 1.68 bits per heavy atom. The second kappa shape index (κ2) is 8.04. The zero-order valence-corrected chi connectivity index (χ0v) is 20.3. The summed E-state index contributed by atoms with van der Waals surface area (Å²) in [5.74, 6) is 0.246. The molecule has 0 atom stereocenters.